The summed E-state index contributed by atoms with van der Waals surface area (Å²) in [5.74, 6) is -0.599. The fourth-order valence-corrected chi connectivity index (χ4v) is 2.41. The van der Waals surface area contributed by atoms with Gasteiger partial charge in [0.2, 0.25) is 5.91 Å². The van der Waals surface area contributed by atoms with Crippen molar-refractivity contribution in [3.63, 3.8) is 0 Å². The van der Waals surface area contributed by atoms with E-state index in [2.05, 4.69) is 20.6 Å². The molecule has 0 unspecified atom stereocenters. The molecular weight excluding hydrogens is 349 g/mol. The number of hydrogen-bond acceptors (Lipinski definition) is 4. The minimum absolute atomic E-state index is 0.0366. The number of anilines is 2. The molecule has 0 radical (unpaired) electrons. The number of nitrogens with zero attached hydrogens (tertiary/aromatic N) is 2. The molecule has 1 aliphatic rings. The normalized spacial score (nSPS) is 14.4. The number of carbonyl (C=O) groups excluding carboxylic acids is 2. The molecule has 136 valence electrons. The van der Waals surface area contributed by atoms with E-state index in [0.29, 0.717) is 6.20 Å². The van der Waals surface area contributed by atoms with Gasteiger partial charge in [-0.25, -0.2) is 4.98 Å². The van der Waals surface area contributed by atoms with E-state index in [0.717, 1.165) is 31.5 Å². The Labute approximate surface area is 146 Å². The topological polar surface area (TPSA) is 84.0 Å². The lowest BCUT2D eigenvalue weighted by Gasteiger charge is -2.23. The molecule has 0 bridgehead atoms. The minimum atomic E-state index is -4.55. The zero-order valence-electron chi connectivity index (χ0n) is 13.5. The van der Waals surface area contributed by atoms with Gasteiger partial charge in [0, 0.05) is 23.9 Å². The highest BCUT2D eigenvalue weighted by molar-refractivity contribution is 6.05. The van der Waals surface area contributed by atoms with Crippen LogP contribution in [0.1, 0.15) is 35.2 Å². The summed E-state index contributed by atoms with van der Waals surface area (Å²) in [6, 6.07) is 3.56. The number of nitrogens with one attached hydrogen (secondary N) is 2. The third kappa shape index (κ3) is 4.16. The second-order valence-electron chi connectivity index (χ2n) is 5.96. The number of aromatic nitrogens is 2. The summed E-state index contributed by atoms with van der Waals surface area (Å²) in [7, 11) is 0. The van der Waals surface area contributed by atoms with Gasteiger partial charge in [0.1, 0.15) is 5.82 Å². The van der Waals surface area contributed by atoms with E-state index in [1.807, 2.05) is 0 Å². The molecule has 1 saturated carbocycles. The van der Waals surface area contributed by atoms with E-state index in [1.54, 1.807) is 0 Å². The molecule has 2 amide bonds. The summed E-state index contributed by atoms with van der Waals surface area (Å²) in [4.78, 5) is 31.7. The van der Waals surface area contributed by atoms with Gasteiger partial charge in [-0.1, -0.05) is 6.42 Å². The van der Waals surface area contributed by atoms with E-state index >= 15 is 0 Å². The number of rotatable bonds is 4. The van der Waals surface area contributed by atoms with E-state index in [-0.39, 0.29) is 28.9 Å². The van der Waals surface area contributed by atoms with Crippen molar-refractivity contribution in [3.8, 4) is 0 Å². The number of pyridine rings is 2. The van der Waals surface area contributed by atoms with Crippen LogP contribution in [0.5, 0.6) is 0 Å². The van der Waals surface area contributed by atoms with Gasteiger partial charge in [0.05, 0.1) is 17.4 Å². The summed E-state index contributed by atoms with van der Waals surface area (Å²) in [6.45, 7) is 0. The van der Waals surface area contributed by atoms with E-state index in [9.17, 15) is 22.8 Å². The molecule has 0 atom stereocenters. The molecule has 0 aromatic carbocycles. The maximum atomic E-state index is 12.7. The lowest BCUT2D eigenvalue weighted by molar-refractivity contribution is -0.137. The molecule has 2 aromatic rings. The second kappa shape index (κ2) is 7.11. The summed E-state index contributed by atoms with van der Waals surface area (Å²) in [5, 5.41) is 5.00. The average Bonchev–Trinajstić information content (AvgIpc) is 2.53. The predicted molar refractivity (Wildman–Crippen MR) is 87.4 cm³/mol. The van der Waals surface area contributed by atoms with Crippen LogP contribution in [0, 0.1) is 5.92 Å². The molecule has 0 spiro atoms. The highest BCUT2D eigenvalue weighted by Gasteiger charge is 2.31. The van der Waals surface area contributed by atoms with Crippen LogP contribution < -0.4 is 10.6 Å². The number of carbonyl (C=O) groups is 2. The molecule has 26 heavy (non-hydrogen) atoms. The van der Waals surface area contributed by atoms with Crippen LogP contribution in [0.3, 0.4) is 0 Å². The van der Waals surface area contributed by atoms with Crippen LogP contribution in [0.15, 0.2) is 36.8 Å². The summed E-state index contributed by atoms with van der Waals surface area (Å²) in [5.41, 5.74) is -0.888. The van der Waals surface area contributed by atoms with Crippen molar-refractivity contribution in [1.82, 2.24) is 9.97 Å². The van der Waals surface area contributed by atoms with Gasteiger partial charge in [0.15, 0.2) is 0 Å². The fraction of sp³-hybridized carbons (Fsp3) is 0.294. The molecule has 1 aliphatic carbocycles. The molecule has 1 fully saturated rings. The Balaban J connectivity index is 1.70. The van der Waals surface area contributed by atoms with Crippen LogP contribution in [0.4, 0.5) is 24.7 Å². The van der Waals surface area contributed by atoms with Crippen molar-refractivity contribution in [3.05, 3.63) is 47.9 Å². The Morgan fingerprint density at radius 2 is 1.88 bits per heavy atom. The highest BCUT2D eigenvalue weighted by atomic mass is 19.4. The molecular formula is C17H15F3N4O2. The van der Waals surface area contributed by atoms with Gasteiger partial charge in [-0.15, -0.1) is 0 Å². The van der Waals surface area contributed by atoms with E-state index in [1.165, 1.54) is 18.3 Å². The van der Waals surface area contributed by atoms with Crippen LogP contribution >= 0.6 is 0 Å². The lowest BCUT2D eigenvalue weighted by Crippen LogP contribution is -2.28. The molecule has 0 saturated heterocycles. The predicted octanol–water partition coefficient (Wildman–Crippen LogP) is 3.49. The minimum Gasteiger partial charge on any atom is -0.321 e. The van der Waals surface area contributed by atoms with Crippen LogP contribution in [0.2, 0.25) is 0 Å². The van der Waals surface area contributed by atoms with Gasteiger partial charge in [-0.3, -0.25) is 14.6 Å². The third-order valence-corrected chi connectivity index (χ3v) is 4.07. The van der Waals surface area contributed by atoms with Crippen LogP contribution in [-0.2, 0) is 11.0 Å². The molecule has 2 heterocycles. The van der Waals surface area contributed by atoms with Crippen molar-refractivity contribution in [2.45, 2.75) is 25.4 Å². The first kappa shape index (κ1) is 17.8. The smallest absolute Gasteiger partial charge is 0.321 e. The molecule has 9 heteroatoms. The van der Waals surface area contributed by atoms with Gasteiger partial charge in [-0.05, 0) is 31.0 Å². The second-order valence-corrected chi connectivity index (χ2v) is 5.96. The van der Waals surface area contributed by atoms with Crippen molar-refractivity contribution < 1.29 is 22.8 Å². The van der Waals surface area contributed by atoms with Gasteiger partial charge in [0.25, 0.3) is 5.91 Å². The first-order valence-corrected chi connectivity index (χ1v) is 7.93. The first-order valence-electron chi connectivity index (χ1n) is 7.93. The Morgan fingerprint density at radius 3 is 2.54 bits per heavy atom. The Hall–Kier alpha value is -2.97. The first-order chi connectivity index (χ1) is 12.3. The highest BCUT2D eigenvalue weighted by Crippen LogP contribution is 2.30. The fourth-order valence-electron chi connectivity index (χ4n) is 2.41. The standard InChI is InChI=1S/C17H15F3N4O2/c18-17(19,20)12-7-13(9-21-8-12)23-16(26)11-4-5-22-14(6-11)24-15(25)10-2-1-3-10/h4-10H,1-3H2,(H,23,26)(H,22,24,25). The van der Waals surface area contributed by atoms with Gasteiger partial charge in [-0.2, -0.15) is 13.2 Å². The van der Waals surface area contributed by atoms with Crippen LogP contribution in [-0.4, -0.2) is 21.8 Å². The molecule has 3 rings (SSSR count). The zero-order valence-corrected chi connectivity index (χ0v) is 13.5. The number of amides is 2. The quantitative estimate of drug-likeness (QED) is 0.870. The van der Waals surface area contributed by atoms with Crippen molar-refractivity contribution in [1.29, 1.82) is 0 Å². The molecule has 2 N–H and O–H groups in total. The van der Waals surface area contributed by atoms with Gasteiger partial charge >= 0.3 is 6.18 Å². The van der Waals surface area contributed by atoms with Crippen molar-refractivity contribution >= 4 is 23.3 Å². The van der Waals surface area contributed by atoms with Crippen molar-refractivity contribution in [2.75, 3.05) is 10.6 Å². The van der Waals surface area contributed by atoms with E-state index < -0.39 is 17.6 Å². The van der Waals surface area contributed by atoms with Crippen LogP contribution in [0.25, 0.3) is 0 Å². The average molecular weight is 364 g/mol. The maximum Gasteiger partial charge on any atom is 0.417 e. The van der Waals surface area contributed by atoms with E-state index in [4.69, 9.17) is 0 Å². The number of halogens is 3. The monoisotopic (exact) mass is 364 g/mol. The Bertz CT molecular complexity index is 835. The van der Waals surface area contributed by atoms with Crippen molar-refractivity contribution in [2.24, 2.45) is 5.92 Å². The summed E-state index contributed by atoms with van der Waals surface area (Å²) >= 11 is 0. The molecule has 6 nitrogen and oxygen atoms in total. The SMILES string of the molecule is O=C(Nc1cncc(C(F)(F)F)c1)c1ccnc(NC(=O)C2CCC2)c1. The number of alkyl halides is 3. The zero-order chi connectivity index (χ0) is 18.7. The largest absolute Gasteiger partial charge is 0.417 e. The number of hydrogen-bond donors (Lipinski definition) is 2. The summed E-state index contributed by atoms with van der Waals surface area (Å²) in [6.07, 6.45) is 1.25. The van der Waals surface area contributed by atoms with Gasteiger partial charge < -0.3 is 10.6 Å². The maximum absolute atomic E-state index is 12.7. The lowest BCUT2D eigenvalue weighted by atomic mass is 9.85. The Morgan fingerprint density at radius 1 is 1.12 bits per heavy atom. The molecule has 0 aliphatic heterocycles. The Kier molecular flexibility index (Phi) is 4.88. The summed E-state index contributed by atoms with van der Waals surface area (Å²) < 4.78 is 38.1. The third-order valence-electron chi connectivity index (χ3n) is 4.07. The molecule has 2 aromatic heterocycles.